The molecule has 0 amide bonds. The molecule has 0 atom stereocenters. The number of hydrogen-bond acceptors (Lipinski definition) is 4. The fourth-order valence-electron chi connectivity index (χ4n) is 1.51. The summed E-state index contributed by atoms with van der Waals surface area (Å²) in [6.45, 7) is 5.72. The van der Waals surface area contributed by atoms with Gasteiger partial charge in [-0.2, -0.15) is 0 Å². The Bertz CT molecular complexity index is 595. The number of rotatable bonds is 2. The van der Waals surface area contributed by atoms with Gasteiger partial charge < -0.3 is 9.52 Å². The second-order valence-corrected chi connectivity index (χ2v) is 7.32. The minimum absolute atomic E-state index is 0.0815. The minimum Gasteiger partial charge on any atom is -0.475 e. The molecule has 96 valence electrons. The lowest BCUT2D eigenvalue weighted by atomic mass is 9.91. The highest BCUT2D eigenvalue weighted by molar-refractivity contribution is 9.11. The predicted molar refractivity (Wildman–Crippen MR) is 73.2 cm³/mol. The average molecular weight is 330 g/mol. The summed E-state index contributed by atoms with van der Waals surface area (Å²) in [7, 11) is 0. The van der Waals surface area contributed by atoms with E-state index in [0.29, 0.717) is 11.6 Å². The Morgan fingerprint density at radius 2 is 2.11 bits per heavy atom. The highest BCUT2D eigenvalue weighted by atomic mass is 79.9. The number of aromatic nitrogens is 1. The van der Waals surface area contributed by atoms with Crippen molar-refractivity contribution in [1.29, 1.82) is 0 Å². The van der Waals surface area contributed by atoms with Crippen molar-refractivity contribution in [2.45, 2.75) is 26.2 Å². The van der Waals surface area contributed by atoms with Gasteiger partial charge in [-0.1, -0.05) is 20.8 Å². The molecule has 1 N–H and O–H groups in total. The molecule has 2 aromatic rings. The van der Waals surface area contributed by atoms with Crippen LogP contribution in [0.4, 0.5) is 0 Å². The fourth-order valence-corrected chi connectivity index (χ4v) is 2.82. The monoisotopic (exact) mass is 329 g/mol. The van der Waals surface area contributed by atoms with Crippen LogP contribution in [0.25, 0.3) is 10.8 Å². The van der Waals surface area contributed by atoms with Crippen LogP contribution >= 0.6 is 27.3 Å². The Balaban J connectivity index is 2.56. The summed E-state index contributed by atoms with van der Waals surface area (Å²) >= 11 is 4.81. The van der Waals surface area contributed by atoms with E-state index in [9.17, 15) is 4.79 Å². The summed E-state index contributed by atoms with van der Waals surface area (Å²) in [4.78, 5) is 16.3. The smallest absolute Gasteiger partial charge is 0.373 e. The van der Waals surface area contributed by atoms with Crippen molar-refractivity contribution in [3.8, 4) is 10.8 Å². The number of aromatic carboxylic acids is 1. The van der Waals surface area contributed by atoms with Crippen LogP contribution < -0.4 is 0 Å². The SMILES string of the molecule is CC(C)(C)c1nc(-c2ccc(Br)s2)oc1C(=O)O. The number of carbonyl (C=O) groups is 1. The minimum atomic E-state index is -1.09. The zero-order chi connectivity index (χ0) is 13.5. The lowest BCUT2D eigenvalue weighted by molar-refractivity contribution is 0.0659. The van der Waals surface area contributed by atoms with Crippen LogP contribution in [-0.4, -0.2) is 16.1 Å². The Labute approximate surface area is 117 Å². The van der Waals surface area contributed by atoms with Gasteiger partial charge >= 0.3 is 5.97 Å². The first-order valence-electron chi connectivity index (χ1n) is 5.29. The molecule has 0 radical (unpaired) electrons. The van der Waals surface area contributed by atoms with Gasteiger partial charge in [0.15, 0.2) is 0 Å². The topological polar surface area (TPSA) is 63.3 Å². The lowest BCUT2D eigenvalue weighted by Crippen LogP contribution is -2.16. The maximum absolute atomic E-state index is 11.2. The second-order valence-electron chi connectivity index (χ2n) is 4.86. The number of halogens is 1. The van der Waals surface area contributed by atoms with Gasteiger partial charge in [0.1, 0.15) is 5.69 Å². The molecule has 0 aliphatic carbocycles. The van der Waals surface area contributed by atoms with Gasteiger partial charge in [0.05, 0.1) is 8.66 Å². The number of oxazole rings is 1. The number of nitrogens with zero attached hydrogens (tertiary/aromatic N) is 1. The van der Waals surface area contributed by atoms with E-state index in [1.54, 1.807) is 0 Å². The van der Waals surface area contributed by atoms with Gasteiger partial charge in [-0.15, -0.1) is 11.3 Å². The summed E-state index contributed by atoms with van der Waals surface area (Å²) in [6, 6.07) is 3.72. The average Bonchev–Trinajstić information content (AvgIpc) is 2.81. The molecule has 0 aliphatic rings. The van der Waals surface area contributed by atoms with E-state index in [-0.39, 0.29) is 11.2 Å². The van der Waals surface area contributed by atoms with Crippen LogP contribution in [0.3, 0.4) is 0 Å². The van der Waals surface area contributed by atoms with Gasteiger partial charge in [-0.05, 0) is 28.1 Å². The Hall–Kier alpha value is -1.14. The molecule has 0 spiro atoms. The standard InChI is InChI=1S/C12H12BrNO3S/c1-12(2,3)9-8(11(15)16)17-10(14-9)6-4-5-7(13)18-6/h4-5H,1-3H3,(H,15,16). The van der Waals surface area contributed by atoms with E-state index >= 15 is 0 Å². The summed E-state index contributed by atoms with van der Waals surface area (Å²) < 4.78 is 6.33. The van der Waals surface area contributed by atoms with E-state index < -0.39 is 5.97 Å². The second kappa shape index (κ2) is 4.51. The Morgan fingerprint density at radius 1 is 1.44 bits per heavy atom. The Morgan fingerprint density at radius 3 is 2.50 bits per heavy atom. The molecule has 6 heteroatoms. The van der Waals surface area contributed by atoms with Crippen molar-refractivity contribution in [2.75, 3.05) is 0 Å². The van der Waals surface area contributed by atoms with E-state index in [1.807, 2.05) is 32.9 Å². The molecule has 18 heavy (non-hydrogen) atoms. The van der Waals surface area contributed by atoms with Gasteiger partial charge in [-0.25, -0.2) is 9.78 Å². The maximum atomic E-state index is 11.2. The van der Waals surface area contributed by atoms with Crippen LogP contribution in [0.15, 0.2) is 20.3 Å². The maximum Gasteiger partial charge on any atom is 0.373 e. The number of carboxylic acid groups (broad SMARTS) is 1. The Kier molecular flexibility index (Phi) is 3.33. The summed E-state index contributed by atoms with van der Waals surface area (Å²) in [5, 5.41) is 9.15. The highest BCUT2D eigenvalue weighted by Crippen LogP contribution is 2.34. The molecule has 2 heterocycles. The van der Waals surface area contributed by atoms with Gasteiger partial charge in [0.25, 0.3) is 0 Å². The van der Waals surface area contributed by atoms with Crippen LogP contribution in [0.5, 0.6) is 0 Å². The molecular formula is C12H12BrNO3S. The third-order valence-corrected chi connectivity index (χ3v) is 3.93. The quantitative estimate of drug-likeness (QED) is 0.898. The molecule has 0 fully saturated rings. The molecule has 0 bridgehead atoms. The predicted octanol–water partition coefficient (Wildman–Crippen LogP) is 4.16. The molecule has 0 saturated heterocycles. The van der Waals surface area contributed by atoms with E-state index in [2.05, 4.69) is 20.9 Å². The summed E-state index contributed by atoms with van der Waals surface area (Å²) in [5.41, 5.74) is 0.0961. The van der Waals surface area contributed by atoms with Gasteiger partial charge in [-0.3, -0.25) is 0 Å². The normalized spacial score (nSPS) is 11.8. The number of thiophene rings is 1. The molecule has 0 unspecified atom stereocenters. The molecule has 0 aromatic carbocycles. The van der Waals surface area contributed by atoms with Crippen molar-refractivity contribution in [2.24, 2.45) is 0 Å². The number of hydrogen-bond donors (Lipinski definition) is 1. The van der Waals surface area contributed by atoms with Crippen molar-refractivity contribution in [3.63, 3.8) is 0 Å². The fraction of sp³-hybridized carbons (Fsp3) is 0.333. The summed E-state index contributed by atoms with van der Waals surface area (Å²) in [5.74, 6) is -0.815. The van der Waals surface area contributed by atoms with Crippen molar-refractivity contribution < 1.29 is 14.3 Å². The van der Waals surface area contributed by atoms with Crippen LogP contribution in [0.1, 0.15) is 37.0 Å². The van der Waals surface area contributed by atoms with E-state index in [1.165, 1.54) is 11.3 Å². The zero-order valence-corrected chi connectivity index (χ0v) is 12.6. The largest absolute Gasteiger partial charge is 0.475 e. The molecule has 0 saturated carbocycles. The zero-order valence-electron chi connectivity index (χ0n) is 10.2. The van der Waals surface area contributed by atoms with E-state index in [0.717, 1.165) is 8.66 Å². The first-order valence-corrected chi connectivity index (χ1v) is 6.90. The molecule has 4 nitrogen and oxygen atoms in total. The van der Waals surface area contributed by atoms with Crippen LogP contribution in [-0.2, 0) is 5.41 Å². The van der Waals surface area contributed by atoms with Crippen molar-refractivity contribution >= 4 is 33.2 Å². The lowest BCUT2D eigenvalue weighted by Gasteiger charge is -2.14. The highest BCUT2D eigenvalue weighted by Gasteiger charge is 2.29. The molecular weight excluding hydrogens is 318 g/mol. The third-order valence-electron chi connectivity index (χ3n) is 2.32. The molecule has 0 aliphatic heterocycles. The molecule has 2 aromatic heterocycles. The number of carboxylic acids is 1. The van der Waals surface area contributed by atoms with Crippen molar-refractivity contribution in [3.05, 3.63) is 27.4 Å². The van der Waals surface area contributed by atoms with Crippen LogP contribution in [0, 0.1) is 0 Å². The molecule has 2 rings (SSSR count). The third kappa shape index (κ3) is 2.49. The summed E-state index contributed by atoms with van der Waals surface area (Å²) in [6.07, 6.45) is 0. The first-order chi connectivity index (χ1) is 8.29. The van der Waals surface area contributed by atoms with Gasteiger partial charge in [0.2, 0.25) is 11.7 Å². The van der Waals surface area contributed by atoms with Gasteiger partial charge in [0, 0.05) is 5.41 Å². The first kappa shape index (κ1) is 13.3. The van der Waals surface area contributed by atoms with Crippen molar-refractivity contribution in [1.82, 2.24) is 4.98 Å². The van der Waals surface area contributed by atoms with E-state index in [4.69, 9.17) is 9.52 Å². The van der Waals surface area contributed by atoms with Crippen LogP contribution in [0.2, 0.25) is 0 Å².